The van der Waals surface area contributed by atoms with Crippen LogP contribution < -0.4 is 10.6 Å². The van der Waals surface area contributed by atoms with Gasteiger partial charge in [-0.2, -0.15) is 0 Å². The highest BCUT2D eigenvalue weighted by atomic mass is 16.5. The molecule has 1 saturated heterocycles. The minimum atomic E-state index is 0.154. The molecule has 1 fully saturated rings. The number of para-hydroxylation sites is 1. The van der Waals surface area contributed by atoms with Gasteiger partial charge in [-0.3, -0.25) is 4.99 Å². The SMILES string of the molecule is CN=C(NCCc1c[nH]c2ccccc12)NCC1CCCOC1c1ccccc1. The lowest BCUT2D eigenvalue weighted by Crippen LogP contribution is -2.42. The number of H-pyrrole nitrogens is 1. The number of nitrogens with zero attached hydrogens (tertiary/aromatic N) is 1. The zero-order chi connectivity index (χ0) is 19.9. The highest BCUT2D eigenvalue weighted by Crippen LogP contribution is 2.33. The molecular weight excluding hydrogens is 360 g/mol. The van der Waals surface area contributed by atoms with Crippen molar-refractivity contribution >= 4 is 16.9 Å². The minimum Gasteiger partial charge on any atom is -0.373 e. The number of guanidine groups is 1. The molecule has 29 heavy (non-hydrogen) atoms. The largest absolute Gasteiger partial charge is 0.373 e. The van der Waals surface area contributed by atoms with E-state index < -0.39 is 0 Å². The Balaban J connectivity index is 1.29. The summed E-state index contributed by atoms with van der Waals surface area (Å²) in [5.41, 5.74) is 3.78. The van der Waals surface area contributed by atoms with E-state index in [-0.39, 0.29) is 6.10 Å². The highest BCUT2D eigenvalue weighted by molar-refractivity contribution is 5.83. The van der Waals surface area contributed by atoms with E-state index in [1.165, 1.54) is 28.5 Å². The first-order valence-electron chi connectivity index (χ1n) is 10.5. The summed E-state index contributed by atoms with van der Waals surface area (Å²) < 4.78 is 6.11. The van der Waals surface area contributed by atoms with Crippen molar-refractivity contribution in [1.29, 1.82) is 0 Å². The summed E-state index contributed by atoms with van der Waals surface area (Å²) in [7, 11) is 1.83. The Morgan fingerprint density at radius 3 is 2.79 bits per heavy atom. The normalized spacial score (nSPS) is 20.0. The first-order chi connectivity index (χ1) is 14.3. The number of nitrogens with one attached hydrogen (secondary N) is 3. The van der Waals surface area contributed by atoms with Crippen LogP contribution in [-0.4, -0.2) is 37.7 Å². The van der Waals surface area contributed by atoms with Gasteiger partial charge in [0.15, 0.2) is 5.96 Å². The Bertz CT molecular complexity index is 934. The van der Waals surface area contributed by atoms with Crippen LogP contribution in [0.4, 0.5) is 0 Å². The molecule has 0 amide bonds. The van der Waals surface area contributed by atoms with Gasteiger partial charge in [-0.1, -0.05) is 48.5 Å². The monoisotopic (exact) mass is 390 g/mol. The van der Waals surface area contributed by atoms with E-state index in [1.807, 2.05) is 7.05 Å². The first kappa shape index (κ1) is 19.5. The van der Waals surface area contributed by atoms with Gasteiger partial charge in [0, 0.05) is 49.8 Å². The smallest absolute Gasteiger partial charge is 0.190 e. The fourth-order valence-corrected chi connectivity index (χ4v) is 4.17. The van der Waals surface area contributed by atoms with Crippen molar-refractivity contribution in [2.24, 2.45) is 10.9 Å². The van der Waals surface area contributed by atoms with Crippen LogP contribution in [0.5, 0.6) is 0 Å². The summed E-state index contributed by atoms with van der Waals surface area (Å²) in [5, 5.41) is 8.25. The lowest BCUT2D eigenvalue weighted by atomic mass is 9.89. The number of hydrogen-bond donors (Lipinski definition) is 3. The number of aliphatic imine (C=N–C) groups is 1. The lowest BCUT2D eigenvalue weighted by Gasteiger charge is -2.32. The molecule has 0 saturated carbocycles. The van der Waals surface area contributed by atoms with Gasteiger partial charge in [0.1, 0.15) is 0 Å². The number of ether oxygens (including phenoxy) is 1. The molecule has 3 aromatic rings. The number of benzene rings is 2. The first-order valence-corrected chi connectivity index (χ1v) is 10.5. The predicted molar refractivity (Wildman–Crippen MR) is 119 cm³/mol. The second kappa shape index (κ2) is 9.61. The fourth-order valence-electron chi connectivity index (χ4n) is 4.17. The Morgan fingerprint density at radius 1 is 1.10 bits per heavy atom. The Hall–Kier alpha value is -2.79. The third-order valence-electron chi connectivity index (χ3n) is 5.69. The van der Waals surface area contributed by atoms with Crippen LogP contribution in [0.15, 0.2) is 65.8 Å². The molecule has 3 N–H and O–H groups in total. The number of fused-ring (bicyclic) bond motifs is 1. The molecule has 152 valence electrons. The van der Waals surface area contributed by atoms with E-state index in [2.05, 4.69) is 81.4 Å². The maximum Gasteiger partial charge on any atom is 0.190 e. The van der Waals surface area contributed by atoms with Gasteiger partial charge >= 0.3 is 0 Å². The van der Waals surface area contributed by atoms with Crippen LogP contribution in [0.25, 0.3) is 10.9 Å². The standard InChI is InChI=1S/C24H30N4O/c1-25-24(26-14-13-19-16-27-22-12-6-5-11-21(19)22)28-17-20-10-7-15-29-23(20)18-8-3-2-4-9-18/h2-6,8-9,11-12,16,20,23,27H,7,10,13-15,17H2,1H3,(H2,25,26,28). The van der Waals surface area contributed by atoms with E-state index in [0.717, 1.165) is 38.5 Å². The molecule has 1 aromatic heterocycles. The van der Waals surface area contributed by atoms with E-state index >= 15 is 0 Å². The molecule has 1 aliphatic heterocycles. The molecule has 0 aliphatic carbocycles. The molecule has 0 bridgehead atoms. The number of hydrogen-bond acceptors (Lipinski definition) is 2. The molecule has 5 nitrogen and oxygen atoms in total. The minimum absolute atomic E-state index is 0.154. The molecule has 2 unspecified atom stereocenters. The highest BCUT2D eigenvalue weighted by Gasteiger charge is 2.27. The van der Waals surface area contributed by atoms with Crippen LogP contribution in [0, 0.1) is 5.92 Å². The summed E-state index contributed by atoms with van der Waals surface area (Å²) in [6.07, 6.45) is 5.49. The third-order valence-corrected chi connectivity index (χ3v) is 5.69. The topological polar surface area (TPSA) is 61.4 Å². The molecule has 0 spiro atoms. The van der Waals surface area contributed by atoms with E-state index in [9.17, 15) is 0 Å². The average molecular weight is 391 g/mol. The Labute approximate surface area is 172 Å². The zero-order valence-electron chi connectivity index (χ0n) is 17.0. The summed E-state index contributed by atoms with van der Waals surface area (Å²) >= 11 is 0. The second-order valence-corrected chi connectivity index (χ2v) is 7.59. The van der Waals surface area contributed by atoms with Crippen molar-refractivity contribution in [2.75, 3.05) is 26.7 Å². The Kier molecular flexibility index (Phi) is 6.47. The van der Waals surface area contributed by atoms with Crippen molar-refractivity contribution in [3.05, 3.63) is 71.9 Å². The molecule has 1 aliphatic rings. The van der Waals surface area contributed by atoms with Crippen molar-refractivity contribution in [1.82, 2.24) is 15.6 Å². The van der Waals surface area contributed by atoms with Crippen molar-refractivity contribution in [3.63, 3.8) is 0 Å². The molecular formula is C24H30N4O. The van der Waals surface area contributed by atoms with Crippen LogP contribution >= 0.6 is 0 Å². The van der Waals surface area contributed by atoms with E-state index in [4.69, 9.17) is 4.74 Å². The number of rotatable bonds is 6. The third kappa shape index (κ3) is 4.80. The Morgan fingerprint density at radius 2 is 1.93 bits per heavy atom. The molecule has 2 heterocycles. The van der Waals surface area contributed by atoms with Crippen molar-refractivity contribution in [2.45, 2.75) is 25.4 Å². The van der Waals surface area contributed by atoms with Crippen LogP contribution in [0.1, 0.15) is 30.1 Å². The molecule has 4 rings (SSSR count). The number of aromatic amines is 1. The second-order valence-electron chi connectivity index (χ2n) is 7.59. The van der Waals surface area contributed by atoms with Gasteiger partial charge in [0.2, 0.25) is 0 Å². The lowest BCUT2D eigenvalue weighted by molar-refractivity contribution is -0.0265. The van der Waals surface area contributed by atoms with Crippen molar-refractivity contribution < 1.29 is 4.74 Å². The van der Waals surface area contributed by atoms with Crippen LogP contribution in [0.2, 0.25) is 0 Å². The zero-order valence-corrected chi connectivity index (χ0v) is 17.0. The summed E-state index contributed by atoms with van der Waals surface area (Å²) in [6.45, 7) is 2.53. The van der Waals surface area contributed by atoms with Gasteiger partial charge in [-0.05, 0) is 36.5 Å². The van der Waals surface area contributed by atoms with Crippen LogP contribution in [-0.2, 0) is 11.2 Å². The van der Waals surface area contributed by atoms with Crippen LogP contribution in [0.3, 0.4) is 0 Å². The van der Waals surface area contributed by atoms with E-state index in [1.54, 1.807) is 0 Å². The predicted octanol–water partition coefficient (Wildman–Crippen LogP) is 4.04. The molecule has 2 atom stereocenters. The molecule has 2 aromatic carbocycles. The van der Waals surface area contributed by atoms with Gasteiger partial charge in [-0.15, -0.1) is 0 Å². The van der Waals surface area contributed by atoms with E-state index in [0.29, 0.717) is 5.92 Å². The van der Waals surface area contributed by atoms with Gasteiger partial charge < -0.3 is 20.4 Å². The maximum absolute atomic E-state index is 6.11. The van der Waals surface area contributed by atoms with Crippen molar-refractivity contribution in [3.8, 4) is 0 Å². The van der Waals surface area contributed by atoms with Gasteiger partial charge in [-0.25, -0.2) is 0 Å². The number of aromatic nitrogens is 1. The maximum atomic E-state index is 6.11. The van der Waals surface area contributed by atoms with Gasteiger partial charge in [0.05, 0.1) is 6.10 Å². The summed E-state index contributed by atoms with van der Waals surface area (Å²) in [4.78, 5) is 7.74. The molecule has 5 heteroatoms. The quantitative estimate of drug-likeness (QED) is 0.440. The fraction of sp³-hybridized carbons (Fsp3) is 0.375. The summed E-state index contributed by atoms with van der Waals surface area (Å²) in [6, 6.07) is 19.0. The average Bonchev–Trinajstić information content (AvgIpc) is 3.20. The molecule has 0 radical (unpaired) electrons. The summed E-state index contributed by atoms with van der Waals surface area (Å²) in [5.74, 6) is 1.29. The van der Waals surface area contributed by atoms with Gasteiger partial charge in [0.25, 0.3) is 0 Å².